The fourth-order valence-corrected chi connectivity index (χ4v) is 3.62. The molecule has 0 aliphatic carbocycles. The van der Waals surface area contributed by atoms with Crippen LogP contribution in [0.25, 0.3) is 11.2 Å². The summed E-state index contributed by atoms with van der Waals surface area (Å²) in [6, 6.07) is 6.10. The van der Waals surface area contributed by atoms with Crippen LogP contribution in [0.3, 0.4) is 0 Å². The van der Waals surface area contributed by atoms with E-state index in [1.165, 1.54) is 11.9 Å². The molecular formula is C20H24N6O2. The first-order valence-electron chi connectivity index (χ1n) is 9.44. The molecule has 1 saturated heterocycles. The highest BCUT2D eigenvalue weighted by atomic mass is 16.5. The Kier molecular flexibility index (Phi) is 4.85. The van der Waals surface area contributed by atoms with Crippen molar-refractivity contribution < 1.29 is 9.53 Å². The normalized spacial score (nSPS) is 16.6. The van der Waals surface area contributed by atoms with Gasteiger partial charge in [-0.1, -0.05) is 12.1 Å². The summed E-state index contributed by atoms with van der Waals surface area (Å²) < 4.78 is 7.82. The smallest absolute Gasteiger partial charge is 0.226 e. The first-order chi connectivity index (χ1) is 13.5. The number of nitrogens with zero attached hydrogens (tertiary/aromatic N) is 5. The van der Waals surface area contributed by atoms with Gasteiger partial charge in [-0.15, -0.1) is 0 Å². The molecular weight excluding hydrogens is 356 g/mol. The van der Waals surface area contributed by atoms with Gasteiger partial charge < -0.3 is 19.9 Å². The topological polar surface area (TPSA) is 99.2 Å². The third-order valence-corrected chi connectivity index (χ3v) is 5.42. The lowest BCUT2D eigenvalue weighted by Crippen LogP contribution is -2.30. The highest BCUT2D eigenvalue weighted by Crippen LogP contribution is 2.26. The second kappa shape index (κ2) is 7.46. The Morgan fingerprint density at radius 3 is 3.00 bits per heavy atom. The molecule has 1 aliphatic heterocycles. The van der Waals surface area contributed by atoms with Gasteiger partial charge in [0.1, 0.15) is 17.6 Å². The van der Waals surface area contributed by atoms with Crippen LogP contribution in [-0.4, -0.2) is 50.0 Å². The monoisotopic (exact) mass is 380 g/mol. The number of hydrogen-bond acceptors (Lipinski definition) is 6. The third-order valence-electron chi connectivity index (χ3n) is 5.42. The highest BCUT2D eigenvalue weighted by molar-refractivity contribution is 5.81. The van der Waals surface area contributed by atoms with Crippen LogP contribution in [0, 0.1) is 13.8 Å². The summed E-state index contributed by atoms with van der Waals surface area (Å²) in [4.78, 5) is 27.1. The van der Waals surface area contributed by atoms with E-state index in [-0.39, 0.29) is 11.9 Å². The molecule has 1 amide bonds. The number of imidazole rings is 1. The minimum atomic E-state index is 0.103. The number of hydrogen-bond donors (Lipinski definition) is 1. The number of amides is 1. The second-order valence-electron chi connectivity index (χ2n) is 7.16. The summed E-state index contributed by atoms with van der Waals surface area (Å²) in [6.45, 7) is 5.81. The molecule has 1 aliphatic rings. The van der Waals surface area contributed by atoms with Crippen molar-refractivity contribution in [3.05, 3.63) is 42.0 Å². The molecule has 1 fully saturated rings. The van der Waals surface area contributed by atoms with Crippen LogP contribution in [0.1, 0.15) is 30.0 Å². The quantitative estimate of drug-likeness (QED) is 0.729. The number of aromatic nitrogens is 4. The maximum Gasteiger partial charge on any atom is 0.226 e. The zero-order valence-corrected chi connectivity index (χ0v) is 16.1. The van der Waals surface area contributed by atoms with E-state index < -0.39 is 0 Å². The Bertz CT molecular complexity index is 1020. The number of ether oxygens (including phenoxy) is 1. The van der Waals surface area contributed by atoms with Crippen LogP contribution in [0.5, 0.6) is 5.75 Å². The molecule has 1 unspecified atom stereocenters. The van der Waals surface area contributed by atoms with Gasteiger partial charge in [-0.2, -0.15) is 0 Å². The molecule has 1 atom stereocenters. The molecule has 0 bridgehead atoms. The molecule has 146 valence electrons. The predicted octanol–water partition coefficient (Wildman–Crippen LogP) is 2.27. The van der Waals surface area contributed by atoms with Crippen LogP contribution in [0.15, 0.2) is 30.9 Å². The van der Waals surface area contributed by atoms with Gasteiger partial charge in [0, 0.05) is 13.1 Å². The summed E-state index contributed by atoms with van der Waals surface area (Å²) in [5, 5.41) is 0. The summed E-state index contributed by atoms with van der Waals surface area (Å²) in [6.07, 6.45) is 4.40. The minimum absolute atomic E-state index is 0.103. The number of carbonyl (C=O) groups is 1. The van der Waals surface area contributed by atoms with Crippen LogP contribution in [-0.2, 0) is 4.79 Å². The van der Waals surface area contributed by atoms with Gasteiger partial charge in [0.25, 0.3) is 0 Å². The van der Waals surface area contributed by atoms with Gasteiger partial charge in [-0.05, 0) is 37.5 Å². The molecule has 0 spiro atoms. The second-order valence-corrected chi connectivity index (χ2v) is 7.16. The van der Waals surface area contributed by atoms with E-state index in [0.717, 1.165) is 17.7 Å². The summed E-state index contributed by atoms with van der Waals surface area (Å²) in [5.41, 5.74) is 9.48. The van der Waals surface area contributed by atoms with Crippen molar-refractivity contribution >= 4 is 22.9 Å². The van der Waals surface area contributed by atoms with Crippen molar-refractivity contribution in [1.29, 1.82) is 0 Å². The summed E-state index contributed by atoms with van der Waals surface area (Å²) in [5.74, 6) is 1.32. The molecule has 2 N–H and O–H groups in total. The molecule has 1 aromatic carbocycles. The van der Waals surface area contributed by atoms with Gasteiger partial charge >= 0.3 is 0 Å². The van der Waals surface area contributed by atoms with E-state index in [1.54, 1.807) is 6.33 Å². The zero-order chi connectivity index (χ0) is 19.7. The fourth-order valence-electron chi connectivity index (χ4n) is 3.62. The number of fused-ring (bicyclic) bond motifs is 1. The van der Waals surface area contributed by atoms with Crippen molar-refractivity contribution in [2.45, 2.75) is 32.7 Å². The van der Waals surface area contributed by atoms with Crippen LogP contribution >= 0.6 is 0 Å². The fraction of sp³-hybridized carbons (Fsp3) is 0.400. The van der Waals surface area contributed by atoms with Crippen LogP contribution < -0.4 is 10.5 Å². The Morgan fingerprint density at radius 1 is 1.29 bits per heavy atom. The Balaban J connectivity index is 1.35. The third kappa shape index (κ3) is 3.37. The Morgan fingerprint density at radius 2 is 2.14 bits per heavy atom. The van der Waals surface area contributed by atoms with E-state index in [0.29, 0.717) is 43.1 Å². The van der Waals surface area contributed by atoms with Crippen molar-refractivity contribution in [3.8, 4) is 5.75 Å². The summed E-state index contributed by atoms with van der Waals surface area (Å²) in [7, 11) is 0. The number of nitrogen functional groups attached to an aromatic ring is 1. The van der Waals surface area contributed by atoms with E-state index in [9.17, 15) is 4.79 Å². The lowest BCUT2D eigenvalue weighted by atomic mass is 10.1. The van der Waals surface area contributed by atoms with Crippen molar-refractivity contribution in [2.24, 2.45) is 0 Å². The van der Waals surface area contributed by atoms with Gasteiger partial charge in [-0.25, -0.2) is 15.0 Å². The maximum absolute atomic E-state index is 12.6. The molecule has 0 radical (unpaired) electrons. The molecule has 2 aromatic heterocycles. The number of carbonyl (C=O) groups excluding carboxylic acids is 1. The van der Waals surface area contributed by atoms with Crippen LogP contribution in [0.4, 0.5) is 5.82 Å². The Labute approximate surface area is 163 Å². The standard InChI is InChI=1S/C20H24N6O2/c1-13-4-3-5-16(14(13)2)28-9-7-17(27)25-8-6-15(10-25)26-12-24-18-19(21)22-11-23-20(18)26/h3-5,11-12,15H,6-10H2,1-2H3,(H2,21,22,23). The largest absolute Gasteiger partial charge is 0.493 e. The SMILES string of the molecule is Cc1cccc(OCCC(=O)N2CCC(n3cnc4c(N)ncnc43)C2)c1C. The molecule has 8 heteroatoms. The first kappa shape index (κ1) is 18.2. The van der Waals surface area contributed by atoms with E-state index >= 15 is 0 Å². The van der Waals surface area contributed by atoms with Gasteiger partial charge in [0.15, 0.2) is 11.5 Å². The number of anilines is 1. The highest BCUT2D eigenvalue weighted by Gasteiger charge is 2.28. The maximum atomic E-state index is 12.6. The average molecular weight is 380 g/mol. The molecule has 4 rings (SSSR count). The summed E-state index contributed by atoms with van der Waals surface area (Å²) >= 11 is 0. The molecule has 8 nitrogen and oxygen atoms in total. The Hall–Kier alpha value is -3.16. The van der Waals surface area contributed by atoms with Crippen molar-refractivity contribution in [3.63, 3.8) is 0 Å². The van der Waals surface area contributed by atoms with E-state index in [4.69, 9.17) is 10.5 Å². The predicted molar refractivity (Wildman–Crippen MR) is 106 cm³/mol. The van der Waals surface area contributed by atoms with E-state index in [2.05, 4.69) is 27.9 Å². The molecule has 3 aromatic rings. The zero-order valence-electron chi connectivity index (χ0n) is 16.1. The van der Waals surface area contributed by atoms with Gasteiger partial charge in [0.2, 0.25) is 5.91 Å². The van der Waals surface area contributed by atoms with Gasteiger partial charge in [-0.3, -0.25) is 4.79 Å². The lowest BCUT2D eigenvalue weighted by molar-refractivity contribution is -0.130. The number of rotatable bonds is 5. The van der Waals surface area contributed by atoms with Crippen molar-refractivity contribution in [2.75, 3.05) is 25.4 Å². The number of benzene rings is 1. The number of aryl methyl sites for hydroxylation is 1. The minimum Gasteiger partial charge on any atom is -0.493 e. The van der Waals surface area contributed by atoms with Gasteiger partial charge in [0.05, 0.1) is 25.4 Å². The molecule has 28 heavy (non-hydrogen) atoms. The number of likely N-dealkylation sites (tertiary alicyclic amines) is 1. The first-order valence-corrected chi connectivity index (χ1v) is 9.44. The average Bonchev–Trinajstić information content (AvgIpc) is 3.32. The van der Waals surface area contributed by atoms with E-state index in [1.807, 2.05) is 28.5 Å². The molecule has 3 heterocycles. The number of nitrogens with two attached hydrogens (primary N) is 1. The lowest BCUT2D eigenvalue weighted by Gasteiger charge is -2.18. The van der Waals surface area contributed by atoms with Crippen molar-refractivity contribution in [1.82, 2.24) is 24.4 Å². The van der Waals surface area contributed by atoms with Crippen LogP contribution in [0.2, 0.25) is 0 Å². The molecule has 0 saturated carbocycles.